The normalized spacial score (nSPS) is 11.9. The number of thioether (sulfide) groups is 1. The van der Waals surface area contributed by atoms with Gasteiger partial charge in [-0.05, 0) is 43.3 Å². The Hall–Kier alpha value is -3.32. The first-order chi connectivity index (χ1) is 13.7. The van der Waals surface area contributed by atoms with E-state index in [1.54, 1.807) is 6.26 Å². The summed E-state index contributed by atoms with van der Waals surface area (Å²) < 4.78 is 7.41. The molecule has 2 heterocycles. The molecule has 0 fully saturated rings. The van der Waals surface area contributed by atoms with Gasteiger partial charge in [0.1, 0.15) is 0 Å². The zero-order valence-corrected chi connectivity index (χ0v) is 16.0. The van der Waals surface area contributed by atoms with Crippen molar-refractivity contribution >= 4 is 23.4 Å². The van der Waals surface area contributed by atoms with Gasteiger partial charge in [-0.2, -0.15) is 0 Å². The smallest absolute Gasteiger partial charge is 0.237 e. The minimum Gasteiger partial charge on any atom is -0.461 e. The van der Waals surface area contributed by atoms with Crippen LogP contribution < -0.4 is 5.32 Å². The fourth-order valence-corrected chi connectivity index (χ4v) is 3.57. The van der Waals surface area contributed by atoms with Crippen molar-refractivity contribution in [3.05, 3.63) is 79.1 Å². The molecule has 0 radical (unpaired) electrons. The Kier molecular flexibility index (Phi) is 5.25. The number of para-hydroxylation sites is 2. The second-order valence-corrected chi connectivity index (χ2v) is 7.38. The molecule has 0 unspecified atom stereocenters. The van der Waals surface area contributed by atoms with Gasteiger partial charge in [-0.15, -0.1) is 10.2 Å². The molecule has 6 nitrogen and oxygen atoms in total. The fraction of sp³-hybridized carbons (Fsp3) is 0.0952. The second kappa shape index (κ2) is 8.14. The zero-order valence-electron chi connectivity index (χ0n) is 15.1. The molecule has 0 saturated carbocycles. The van der Waals surface area contributed by atoms with Crippen LogP contribution in [0.4, 0.5) is 5.69 Å². The number of aromatic nitrogens is 3. The van der Waals surface area contributed by atoms with Crippen molar-refractivity contribution in [2.24, 2.45) is 0 Å². The summed E-state index contributed by atoms with van der Waals surface area (Å²) in [5.41, 5.74) is 1.66. The van der Waals surface area contributed by atoms with E-state index in [1.807, 2.05) is 84.3 Å². The second-order valence-electron chi connectivity index (χ2n) is 6.07. The Morgan fingerprint density at radius 2 is 1.71 bits per heavy atom. The number of hydrogen-bond acceptors (Lipinski definition) is 5. The van der Waals surface area contributed by atoms with E-state index in [0.717, 1.165) is 11.4 Å². The molecule has 0 bridgehead atoms. The zero-order chi connectivity index (χ0) is 19.3. The van der Waals surface area contributed by atoms with Crippen LogP contribution in [0, 0.1) is 0 Å². The van der Waals surface area contributed by atoms with Crippen molar-refractivity contribution in [3.63, 3.8) is 0 Å². The Morgan fingerprint density at radius 3 is 2.39 bits per heavy atom. The van der Waals surface area contributed by atoms with Gasteiger partial charge in [-0.3, -0.25) is 9.36 Å². The largest absolute Gasteiger partial charge is 0.461 e. The summed E-state index contributed by atoms with van der Waals surface area (Å²) in [6.07, 6.45) is 1.60. The molecule has 0 saturated heterocycles. The van der Waals surface area contributed by atoms with E-state index in [9.17, 15) is 4.79 Å². The number of benzene rings is 2. The predicted octanol–water partition coefficient (Wildman–Crippen LogP) is 4.65. The van der Waals surface area contributed by atoms with Crippen LogP contribution in [-0.4, -0.2) is 25.9 Å². The monoisotopic (exact) mass is 390 g/mol. The van der Waals surface area contributed by atoms with E-state index in [-0.39, 0.29) is 11.2 Å². The lowest BCUT2D eigenvalue weighted by Gasteiger charge is -2.13. The lowest BCUT2D eigenvalue weighted by atomic mass is 10.3. The molecular formula is C21H18N4O2S. The van der Waals surface area contributed by atoms with Crippen molar-refractivity contribution in [2.75, 3.05) is 5.32 Å². The molecular weight excluding hydrogens is 372 g/mol. The standard InChI is InChI=1S/C21H18N4O2S/c1-15(20(26)22-16-9-4-2-5-10-16)28-21-24-23-19(18-13-8-14-27-18)25(21)17-11-6-3-7-12-17/h2-15H,1H3,(H,22,26)/t15-/m1/s1. The number of hydrogen-bond donors (Lipinski definition) is 1. The molecule has 7 heteroatoms. The minimum atomic E-state index is -0.365. The van der Waals surface area contributed by atoms with Crippen LogP contribution in [0.2, 0.25) is 0 Å². The van der Waals surface area contributed by atoms with Gasteiger partial charge >= 0.3 is 0 Å². The SMILES string of the molecule is C[C@@H](Sc1nnc(-c2ccco2)n1-c1ccccc1)C(=O)Nc1ccccc1. The van der Waals surface area contributed by atoms with Crippen LogP contribution in [0.1, 0.15) is 6.92 Å². The number of carbonyl (C=O) groups is 1. The third kappa shape index (κ3) is 3.84. The molecule has 4 aromatic rings. The highest BCUT2D eigenvalue weighted by molar-refractivity contribution is 8.00. The predicted molar refractivity (Wildman–Crippen MR) is 109 cm³/mol. The average Bonchev–Trinajstić information content (AvgIpc) is 3.39. The van der Waals surface area contributed by atoms with Crippen LogP contribution in [-0.2, 0) is 4.79 Å². The van der Waals surface area contributed by atoms with Gasteiger partial charge in [0, 0.05) is 11.4 Å². The van der Waals surface area contributed by atoms with Crippen molar-refractivity contribution in [1.82, 2.24) is 14.8 Å². The summed E-state index contributed by atoms with van der Waals surface area (Å²) >= 11 is 1.35. The number of nitrogens with one attached hydrogen (secondary N) is 1. The van der Waals surface area contributed by atoms with Gasteiger partial charge in [0.15, 0.2) is 10.9 Å². The Bertz CT molecular complexity index is 1050. The maximum atomic E-state index is 12.6. The summed E-state index contributed by atoms with van der Waals surface area (Å²) in [5, 5.41) is 11.8. The number of nitrogens with zero attached hydrogens (tertiary/aromatic N) is 3. The first-order valence-electron chi connectivity index (χ1n) is 8.79. The molecule has 0 spiro atoms. The molecule has 4 rings (SSSR count). The van der Waals surface area contributed by atoms with Gasteiger partial charge in [-0.1, -0.05) is 48.2 Å². The fourth-order valence-electron chi connectivity index (χ4n) is 2.70. The number of furan rings is 1. The molecule has 0 aliphatic heterocycles. The third-order valence-corrected chi connectivity index (χ3v) is 5.12. The molecule has 1 atom stereocenters. The molecule has 2 aromatic carbocycles. The number of rotatable bonds is 6. The molecule has 28 heavy (non-hydrogen) atoms. The lowest BCUT2D eigenvalue weighted by Crippen LogP contribution is -2.22. The quantitative estimate of drug-likeness (QED) is 0.485. The van der Waals surface area contributed by atoms with Gasteiger partial charge in [-0.25, -0.2) is 0 Å². The first kappa shape index (κ1) is 18.1. The molecule has 1 N–H and O–H groups in total. The maximum absolute atomic E-state index is 12.6. The first-order valence-corrected chi connectivity index (χ1v) is 9.67. The van der Waals surface area contributed by atoms with E-state index in [0.29, 0.717) is 16.7 Å². The molecule has 1 amide bonds. The van der Waals surface area contributed by atoms with Crippen LogP contribution in [0.25, 0.3) is 17.3 Å². The number of amides is 1. The number of anilines is 1. The van der Waals surface area contributed by atoms with Crippen LogP contribution >= 0.6 is 11.8 Å². The molecule has 0 aliphatic rings. The summed E-state index contributed by atoms with van der Waals surface area (Å²) in [6, 6.07) is 22.8. The number of carbonyl (C=O) groups excluding carboxylic acids is 1. The highest BCUT2D eigenvalue weighted by Gasteiger charge is 2.22. The van der Waals surface area contributed by atoms with Crippen molar-refractivity contribution in [1.29, 1.82) is 0 Å². The summed E-state index contributed by atoms with van der Waals surface area (Å²) in [6.45, 7) is 1.85. The van der Waals surface area contributed by atoms with Crippen molar-refractivity contribution in [3.8, 4) is 17.3 Å². The molecule has 0 aliphatic carbocycles. The Balaban J connectivity index is 1.62. The minimum absolute atomic E-state index is 0.0987. The van der Waals surface area contributed by atoms with E-state index in [2.05, 4.69) is 15.5 Å². The highest BCUT2D eigenvalue weighted by Crippen LogP contribution is 2.30. The van der Waals surface area contributed by atoms with E-state index in [4.69, 9.17) is 4.42 Å². The lowest BCUT2D eigenvalue weighted by molar-refractivity contribution is -0.115. The van der Waals surface area contributed by atoms with Crippen LogP contribution in [0.15, 0.2) is 88.6 Å². The summed E-state index contributed by atoms with van der Waals surface area (Å²) in [7, 11) is 0. The average molecular weight is 390 g/mol. The molecule has 140 valence electrons. The maximum Gasteiger partial charge on any atom is 0.237 e. The van der Waals surface area contributed by atoms with Gasteiger partial charge in [0.25, 0.3) is 0 Å². The van der Waals surface area contributed by atoms with Crippen molar-refractivity contribution in [2.45, 2.75) is 17.3 Å². The molecule has 2 aromatic heterocycles. The van der Waals surface area contributed by atoms with E-state index >= 15 is 0 Å². The Labute approximate surface area is 166 Å². The van der Waals surface area contributed by atoms with Gasteiger partial charge < -0.3 is 9.73 Å². The summed E-state index contributed by atoms with van der Waals surface area (Å²) in [5.74, 6) is 1.11. The van der Waals surface area contributed by atoms with Gasteiger partial charge in [0.2, 0.25) is 11.7 Å². The highest BCUT2D eigenvalue weighted by atomic mass is 32.2. The van der Waals surface area contributed by atoms with E-state index < -0.39 is 0 Å². The topological polar surface area (TPSA) is 73.0 Å². The van der Waals surface area contributed by atoms with Crippen molar-refractivity contribution < 1.29 is 9.21 Å². The van der Waals surface area contributed by atoms with Crippen LogP contribution in [0.5, 0.6) is 0 Å². The van der Waals surface area contributed by atoms with Crippen LogP contribution in [0.3, 0.4) is 0 Å². The Morgan fingerprint density at radius 1 is 1.00 bits per heavy atom. The van der Waals surface area contributed by atoms with E-state index in [1.165, 1.54) is 11.8 Å². The third-order valence-electron chi connectivity index (χ3n) is 4.08. The van der Waals surface area contributed by atoms with Gasteiger partial charge in [0.05, 0.1) is 11.5 Å². The summed E-state index contributed by atoms with van der Waals surface area (Å²) in [4.78, 5) is 12.6.